The number of rotatable bonds is 5. The van der Waals surface area contributed by atoms with Crippen molar-refractivity contribution in [3.05, 3.63) is 17.7 Å². The zero-order valence-corrected chi connectivity index (χ0v) is 13.7. The van der Waals surface area contributed by atoms with Gasteiger partial charge in [0.15, 0.2) is 9.84 Å². The van der Waals surface area contributed by atoms with Gasteiger partial charge in [0, 0.05) is 17.9 Å². The number of carboxylic acids is 1. The van der Waals surface area contributed by atoms with Gasteiger partial charge in [-0.05, 0) is 18.9 Å². The van der Waals surface area contributed by atoms with Gasteiger partial charge in [-0.15, -0.1) is 0 Å². The Labute approximate surface area is 130 Å². The molecular weight excluding hydrogens is 308 g/mol. The van der Waals surface area contributed by atoms with E-state index in [9.17, 15) is 18.3 Å². The van der Waals surface area contributed by atoms with Crippen LogP contribution in [-0.2, 0) is 20.0 Å². The van der Waals surface area contributed by atoms with E-state index in [0.29, 0.717) is 24.2 Å². The van der Waals surface area contributed by atoms with Crippen LogP contribution in [0.4, 0.5) is 0 Å². The van der Waals surface area contributed by atoms with E-state index in [2.05, 4.69) is 0 Å². The van der Waals surface area contributed by atoms with Crippen LogP contribution in [0, 0.1) is 0 Å². The summed E-state index contributed by atoms with van der Waals surface area (Å²) in [4.78, 5) is 11.9. The average molecular weight is 328 g/mol. The molecule has 1 aromatic carbocycles. The summed E-state index contributed by atoms with van der Waals surface area (Å²) in [6.45, 7) is 0. The van der Waals surface area contributed by atoms with Gasteiger partial charge < -0.3 is 14.6 Å². The Morgan fingerprint density at radius 2 is 1.77 bits per heavy atom. The molecule has 1 aliphatic rings. The number of sulfone groups is 1. The van der Waals surface area contributed by atoms with Crippen LogP contribution in [0.5, 0.6) is 11.5 Å². The van der Waals surface area contributed by atoms with Crippen LogP contribution in [0.2, 0.25) is 0 Å². The molecule has 1 aromatic rings. The molecule has 1 fully saturated rings. The molecule has 1 aliphatic carbocycles. The molecule has 1 saturated carbocycles. The van der Waals surface area contributed by atoms with E-state index in [0.717, 1.165) is 19.1 Å². The van der Waals surface area contributed by atoms with E-state index in [1.54, 1.807) is 6.07 Å². The molecule has 122 valence electrons. The Hall–Kier alpha value is -1.76. The molecule has 0 heterocycles. The van der Waals surface area contributed by atoms with Crippen molar-refractivity contribution in [1.82, 2.24) is 0 Å². The van der Waals surface area contributed by atoms with Gasteiger partial charge >= 0.3 is 5.97 Å². The highest BCUT2D eigenvalue weighted by Gasteiger charge is 2.46. The predicted molar refractivity (Wildman–Crippen MR) is 80.4 cm³/mol. The molecule has 0 atom stereocenters. The lowest BCUT2D eigenvalue weighted by Gasteiger charge is -2.27. The minimum absolute atomic E-state index is 0.0446. The Morgan fingerprint density at radius 1 is 1.18 bits per heavy atom. The largest absolute Gasteiger partial charge is 0.497 e. The Bertz CT molecular complexity index is 686. The molecule has 0 saturated heterocycles. The average Bonchev–Trinajstić information content (AvgIpc) is 2.95. The van der Waals surface area contributed by atoms with E-state index in [1.807, 2.05) is 0 Å². The molecule has 22 heavy (non-hydrogen) atoms. The van der Waals surface area contributed by atoms with E-state index in [-0.39, 0.29) is 10.6 Å². The third kappa shape index (κ3) is 2.65. The number of ether oxygens (including phenoxy) is 2. The van der Waals surface area contributed by atoms with Crippen molar-refractivity contribution in [2.45, 2.75) is 36.0 Å². The third-order valence-electron chi connectivity index (χ3n) is 4.25. The van der Waals surface area contributed by atoms with E-state index in [4.69, 9.17) is 9.47 Å². The van der Waals surface area contributed by atoms with Crippen LogP contribution in [0.15, 0.2) is 17.0 Å². The van der Waals surface area contributed by atoms with Crippen LogP contribution in [-0.4, -0.2) is 40.0 Å². The molecule has 0 amide bonds. The minimum Gasteiger partial charge on any atom is -0.497 e. The van der Waals surface area contributed by atoms with Crippen LogP contribution in [0.1, 0.15) is 31.2 Å². The first-order valence-electron chi connectivity index (χ1n) is 6.96. The van der Waals surface area contributed by atoms with Crippen molar-refractivity contribution >= 4 is 15.8 Å². The summed E-state index contributed by atoms with van der Waals surface area (Å²) >= 11 is 0. The summed E-state index contributed by atoms with van der Waals surface area (Å²) in [5, 5.41) is 9.75. The number of carbonyl (C=O) groups is 1. The van der Waals surface area contributed by atoms with E-state index < -0.39 is 21.2 Å². The van der Waals surface area contributed by atoms with Crippen molar-refractivity contribution in [1.29, 1.82) is 0 Å². The molecule has 0 bridgehead atoms. The highest BCUT2D eigenvalue weighted by Crippen LogP contribution is 2.48. The van der Waals surface area contributed by atoms with Crippen LogP contribution in [0.3, 0.4) is 0 Å². The topological polar surface area (TPSA) is 89.9 Å². The molecule has 0 aromatic heterocycles. The lowest BCUT2D eigenvalue weighted by atomic mass is 9.78. The summed E-state index contributed by atoms with van der Waals surface area (Å²) in [6, 6.07) is 2.94. The number of aliphatic carboxylic acids is 1. The van der Waals surface area contributed by atoms with Gasteiger partial charge in [-0.3, -0.25) is 4.79 Å². The summed E-state index contributed by atoms with van der Waals surface area (Å²) in [7, 11) is -0.813. The Kier molecular flexibility index (Phi) is 4.37. The fourth-order valence-electron chi connectivity index (χ4n) is 3.11. The molecule has 2 rings (SSSR count). The predicted octanol–water partition coefficient (Wildman–Crippen LogP) is 2.00. The quantitative estimate of drug-likeness (QED) is 0.889. The second-order valence-corrected chi connectivity index (χ2v) is 7.56. The van der Waals surface area contributed by atoms with E-state index in [1.165, 1.54) is 20.3 Å². The van der Waals surface area contributed by atoms with Crippen molar-refractivity contribution in [2.75, 3.05) is 20.5 Å². The van der Waals surface area contributed by atoms with Crippen LogP contribution < -0.4 is 9.47 Å². The van der Waals surface area contributed by atoms with E-state index >= 15 is 0 Å². The first-order valence-corrected chi connectivity index (χ1v) is 8.85. The minimum atomic E-state index is -3.58. The normalized spacial score (nSPS) is 17.2. The fourth-order valence-corrected chi connectivity index (χ4v) is 3.97. The second-order valence-electron chi connectivity index (χ2n) is 5.57. The summed E-state index contributed by atoms with van der Waals surface area (Å²) in [5.41, 5.74) is -0.751. The molecule has 1 N–H and O–H groups in total. The summed E-state index contributed by atoms with van der Waals surface area (Å²) in [6.07, 6.45) is 3.53. The molecule has 7 heteroatoms. The smallest absolute Gasteiger partial charge is 0.314 e. The van der Waals surface area contributed by atoms with Gasteiger partial charge in [-0.2, -0.15) is 0 Å². The standard InChI is InChI=1S/C15H20O6S/c1-20-10-8-11(15(14(16)17)6-4-5-7-15)13(21-2)12(9-10)22(3,18)19/h8-9H,4-7H2,1-3H3,(H,16,17). The number of hydrogen-bond donors (Lipinski definition) is 1. The lowest BCUT2D eigenvalue weighted by molar-refractivity contribution is -0.143. The maximum Gasteiger partial charge on any atom is 0.314 e. The second kappa shape index (κ2) is 5.79. The maximum atomic E-state index is 12.0. The molecular formula is C15H20O6S. The number of hydrogen-bond acceptors (Lipinski definition) is 5. The van der Waals surface area contributed by atoms with Gasteiger partial charge in [0.2, 0.25) is 0 Å². The zero-order valence-electron chi connectivity index (χ0n) is 12.9. The van der Waals surface area contributed by atoms with Crippen molar-refractivity contribution in [3.8, 4) is 11.5 Å². The van der Waals surface area contributed by atoms with Crippen LogP contribution >= 0.6 is 0 Å². The van der Waals surface area contributed by atoms with Crippen molar-refractivity contribution < 1.29 is 27.8 Å². The Morgan fingerprint density at radius 3 is 2.18 bits per heavy atom. The van der Waals surface area contributed by atoms with Gasteiger partial charge in [0.1, 0.15) is 16.4 Å². The zero-order chi connectivity index (χ0) is 16.5. The molecule has 0 unspecified atom stereocenters. The lowest BCUT2D eigenvalue weighted by Crippen LogP contribution is -2.33. The highest BCUT2D eigenvalue weighted by atomic mass is 32.2. The van der Waals surface area contributed by atoms with Gasteiger partial charge in [-0.25, -0.2) is 8.42 Å². The highest BCUT2D eigenvalue weighted by molar-refractivity contribution is 7.90. The first-order chi connectivity index (χ1) is 10.3. The monoisotopic (exact) mass is 328 g/mol. The fraction of sp³-hybridized carbons (Fsp3) is 0.533. The van der Waals surface area contributed by atoms with Gasteiger partial charge in [0.25, 0.3) is 0 Å². The first kappa shape index (κ1) is 16.6. The number of carboxylic acid groups (broad SMARTS) is 1. The van der Waals surface area contributed by atoms with Gasteiger partial charge in [0.05, 0.1) is 19.6 Å². The molecule has 0 spiro atoms. The number of methoxy groups -OCH3 is 2. The summed E-state index contributed by atoms with van der Waals surface area (Å²) in [5.74, 6) is -0.549. The number of benzene rings is 1. The third-order valence-corrected chi connectivity index (χ3v) is 5.35. The van der Waals surface area contributed by atoms with Crippen molar-refractivity contribution in [3.63, 3.8) is 0 Å². The molecule has 0 radical (unpaired) electrons. The maximum absolute atomic E-state index is 12.0. The SMILES string of the molecule is COc1cc(C2(C(=O)O)CCCC2)c(OC)c(S(C)(=O)=O)c1. The molecule has 6 nitrogen and oxygen atoms in total. The van der Waals surface area contributed by atoms with Crippen molar-refractivity contribution in [2.24, 2.45) is 0 Å². The summed E-state index contributed by atoms with van der Waals surface area (Å²) < 4.78 is 34.5. The molecule has 0 aliphatic heterocycles. The van der Waals surface area contributed by atoms with Gasteiger partial charge in [-0.1, -0.05) is 12.8 Å². The van der Waals surface area contributed by atoms with Crippen LogP contribution in [0.25, 0.3) is 0 Å². The Balaban J connectivity index is 2.82.